The summed E-state index contributed by atoms with van der Waals surface area (Å²) >= 11 is 0. The van der Waals surface area contributed by atoms with Crippen LogP contribution in [0.15, 0.2) is 0 Å². The fourth-order valence-electron chi connectivity index (χ4n) is 1.03. The second-order valence-electron chi connectivity index (χ2n) is 3.03. The molecule has 1 atom stereocenters. The maximum atomic E-state index is 10.3. The second-order valence-corrected chi connectivity index (χ2v) is 3.03. The zero-order chi connectivity index (χ0) is 10.8. The highest BCUT2D eigenvalue weighted by atomic mass is 16.5. The van der Waals surface area contributed by atoms with Crippen LogP contribution >= 0.6 is 0 Å². The lowest BCUT2D eigenvalue weighted by Gasteiger charge is -2.15. The van der Waals surface area contributed by atoms with Crippen molar-refractivity contribution in [2.45, 2.75) is 19.4 Å². The van der Waals surface area contributed by atoms with Gasteiger partial charge in [0.1, 0.15) is 6.61 Å². The van der Waals surface area contributed by atoms with Gasteiger partial charge < -0.3 is 20.5 Å². The van der Waals surface area contributed by atoms with Crippen LogP contribution in [-0.2, 0) is 14.3 Å². The first-order valence-corrected chi connectivity index (χ1v) is 4.79. The molecule has 14 heavy (non-hydrogen) atoms. The number of hydrogen-bond donors (Lipinski definition) is 2. The van der Waals surface area contributed by atoms with E-state index in [1.54, 1.807) is 7.11 Å². The van der Waals surface area contributed by atoms with Crippen molar-refractivity contribution >= 4 is 5.91 Å². The van der Waals surface area contributed by atoms with Gasteiger partial charge in [-0.1, -0.05) is 6.92 Å². The highest BCUT2D eigenvalue weighted by Gasteiger charge is 2.03. The molecule has 0 saturated carbocycles. The Hall–Kier alpha value is -0.650. The summed E-state index contributed by atoms with van der Waals surface area (Å²) < 4.78 is 10.0. The second kappa shape index (κ2) is 8.93. The van der Waals surface area contributed by atoms with Crippen molar-refractivity contribution in [2.24, 2.45) is 5.73 Å². The van der Waals surface area contributed by atoms with Gasteiger partial charge in [0.05, 0.1) is 13.2 Å². The van der Waals surface area contributed by atoms with Crippen molar-refractivity contribution in [3.8, 4) is 0 Å². The molecule has 0 aromatic heterocycles. The molecule has 0 aliphatic carbocycles. The van der Waals surface area contributed by atoms with Crippen molar-refractivity contribution in [3.63, 3.8) is 0 Å². The Balaban J connectivity index is 3.28. The number of carbonyl (C=O) groups is 1. The molecule has 1 amide bonds. The first-order valence-electron chi connectivity index (χ1n) is 4.79. The van der Waals surface area contributed by atoms with Crippen LogP contribution in [0.4, 0.5) is 0 Å². The molecular formula is C9H20N2O3. The van der Waals surface area contributed by atoms with Gasteiger partial charge in [0.2, 0.25) is 5.91 Å². The number of nitrogens with one attached hydrogen (secondary N) is 1. The molecule has 84 valence electrons. The first kappa shape index (κ1) is 13.4. The Labute approximate surface area is 84.9 Å². The largest absolute Gasteiger partial charge is 0.383 e. The van der Waals surface area contributed by atoms with E-state index < -0.39 is 5.91 Å². The average Bonchev–Trinajstić information content (AvgIpc) is 2.15. The Morgan fingerprint density at radius 2 is 2.29 bits per heavy atom. The maximum Gasteiger partial charge on any atom is 0.243 e. The molecule has 0 rings (SSSR count). The van der Waals surface area contributed by atoms with Gasteiger partial charge in [-0.15, -0.1) is 0 Å². The Morgan fingerprint density at radius 1 is 1.57 bits per heavy atom. The van der Waals surface area contributed by atoms with Crippen LogP contribution in [0.5, 0.6) is 0 Å². The fourth-order valence-corrected chi connectivity index (χ4v) is 1.03. The third kappa shape index (κ3) is 7.97. The van der Waals surface area contributed by atoms with Gasteiger partial charge in [0, 0.05) is 19.7 Å². The minimum Gasteiger partial charge on any atom is -0.383 e. The van der Waals surface area contributed by atoms with E-state index in [0.717, 1.165) is 6.42 Å². The van der Waals surface area contributed by atoms with E-state index in [1.807, 2.05) is 0 Å². The lowest BCUT2D eigenvalue weighted by Crippen LogP contribution is -2.35. The average molecular weight is 204 g/mol. The third-order valence-electron chi connectivity index (χ3n) is 1.78. The molecule has 5 nitrogen and oxygen atoms in total. The smallest absolute Gasteiger partial charge is 0.243 e. The zero-order valence-corrected chi connectivity index (χ0v) is 8.91. The van der Waals surface area contributed by atoms with Crippen molar-refractivity contribution in [1.29, 1.82) is 0 Å². The molecule has 0 bridgehead atoms. The lowest BCUT2D eigenvalue weighted by molar-refractivity contribution is -0.122. The number of primary amides is 1. The molecular weight excluding hydrogens is 184 g/mol. The molecule has 0 spiro atoms. The summed E-state index contributed by atoms with van der Waals surface area (Å²) in [5, 5.41) is 3.24. The van der Waals surface area contributed by atoms with Crippen LogP contribution in [0.25, 0.3) is 0 Å². The maximum absolute atomic E-state index is 10.3. The van der Waals surface area contributed by atoms with Crippen LogP contribution in [0.2, 0.25) is 0 Å². The summed E-state index contributed by atoms with van der Waals surface area (Å²) in [5.74, 6) is -0.436. The normalized spacial score (nSPS) is 12.7. The van der Waals surface area contributed by atoms with Gasteiger partial charge >= 0.3 is 0 Å². The quantitative estimate of drug-likeness (QED) is 0.497. The molecule has 1 unspecified atom stereocenters. The molecule has 0 fully saturated rings. The molecule has 0 heterocycles. The summed E-state index contributed by atoms with van der Waals surface area (Å²) in [6.45, 7) is 3.95. The highest BCUT2D eigenvalue weighted by molar-refractivity contribution is 5.74. The number of hydrogen-bond acceptors (Lipinski definition) is 4. The van der Waals surface area contributed by atoms with Crippen LogP contribution < -0.4 is 11.1 Å². The number of carbonyl (C=O) groups excluding carboxylic acids is 1. The van der Waals surface area contributed by atoms with E-state index in [0.29, 0.717) is 25.8 Å². The summed E-state index contributed by atoms with van der Waals surface area (Å²) in [6.07, 6.45) is 1.00. The van der Waals surface area contributed by atoms with Crippen LogP contribution in [0.3, 0.4) is 0 Å². The fraction of sp³-hybridized carbons (Fsp3) is 0.889. The molecule has 0 aliphatic heterocycles. The number of methoxy groups -OCH3 is 1. The van der Waals surface area contributed by atoms with Crippen molar-refractivity contribution in [2.75, 3.05) is 33.5 Å². The highest BCUT2D eigenvalue weighted by Crippen LogP contribution is 1.90. The van der Waals surface area contributed by atoms with E-state index in [9.17, 15) is 4.79 Å². The lowest BCUT2D eigenvalue weighted by atomic mass is 10.2. The molecule has 0 saturated heterocycles. The van der Waals surface area contributed by atoms with Crippen LogP contribution in [0.1, 0.15) is 13.3 Å². The minimum absolute atomic E-state index is 0.0112. The predicted molar refractivity (Wildman–Crippen MR) is 54.0 cm³/mol. The van der Waals surface area contributed by atoms with Crippen LogP contribution in [-0.4, -0.2) is 45.4 Å². The van der Waals surface area contributed by atoms with E-state index in [-0.39, 0.29) is 6.61 Å². The van der Waals surface area contributed by atoms with Crippen LogP contribution in [0, 0.1) is 0 Å². The summed E-state index contributed by atoms with van der Waals surface area (Å²) in [6, 6.07) is 0.345. The zero-order valence-electron chi connectivity index (χ0n) is 8.91. The van der Waals surface area contributed by atoms with Gasteiger partial charge in [0.25, 0.3) is 0 Å². The number of rotatable bonds is 9. The van der Waals surface area contributed by atoms with Crippen molar-refractivity contribution < 1.29 is 14.3 Å². The third-order valence-corrected chi connectivity index (χ3v) is 1.78. The molecule has 0 aromatic carbocycles. The number of nitrogens with two attached hydrogens (primary N) is 1. The topological polar surface area (TPSA) is 73.6 Å². The number of amides is 1. The Morgan fingerprint density at radius 3 is 2.79 bits per heavy atom. The molecule has 0 aliphatic rings. The molecule has 5 heteroatoms. The van der Waals surface area contributed by atoms with Gasteiger partial charge in [-0.25, -0.2) is 0 Å². The monoisotopic (exact) mass is 204 g/mol. The SMILES string of the molecule is CCC(COC)NCCOCC(N)=O. The summed E-state index contributed by atoms with van der Waals surface area (Å²) in [4.78, 5) is 10.3. The van der Waals surface area contributed by atoms with Gasteiger partial charge in [0.15, 0.2) is 0 Å². The van der Waals surface area contributed by atoms with Gasteiger partial charge in [-0.2, -0.15) is 0 Å². The van der Waals surface area contributed by atoms with Crippen molar-refractivity contribution in [3.05, 3.63) is 0 Å². The van der Waals surface area contributed by atoms with E-state index >= 15 is 0 Å². The van der Waals surface area contributed by atoms with Gasteiger partial charge in [-0.05, 0) is 6.42 Å². The molecule has 3 N–H and O–H groups in total. The molecule has 0 aromatic rings. The summed E-state index contributed by atoms with van der Waals surface area (Å²) in [7, 11) is 1.67. The van der Waals surface area contributed by atoms with Gasteiger partial charge in [-0.3, -0.25) is 4.79 Å². The predicted octanol–water partition coefficient (Wildman–Crippen LogP) is -0.497. The van der Waals surface area contributed by atoms with E-state index in [2.05, 4.69) is 12.2 Å². The number of ether oxygens (including phenoxy) is 2. The first-order chi connectivity index (χ1) is 6.70. The Kier molecular flexibility index (Phi) is 8.51. The standard InChI is InChI=1S/C9H20N2O3/c1-3-8(6-13-2)11-4-5-14-7-9(10)12/h8,11H,3-7H2,1-2H3,(H2,10,12). The molecule has 0 radical (unpaired) electrons. The van der Waals surface area contributed by atoms with E-state index in [1.165, 1.54) is 0 Å². The Bertz CT molecular complexity index is 153. The van der Waals surface area contributed by atoms with Crippen molar-refractivity contribution in [1.82, 2.24) is 5.32 Å². The minimum atomic E-state index is -0.436. The summed E-state index contributed by atoms with van der Waals surface area (Å²) in [5.41, 5.74) is 4.90. The van der Waals surface area contributed by atoms with E-state index in [4.69, 9.17) is 15.2 Å².